The van der Waals surface area contributed by atoms with E-state index in [1.54, 1.807) is 18.2 Å². The number of hydrogen-bond donors (Lipinski definition) is 1. The van der Waals surface area contributed by atoms with E-state index in [4.69, 9.17) is 5.11 Å². The van der Waals surface area contributed by atoms with Crippen LogP contribution in [0.5, 0.6) is 0 Å². The van der Waals surface area contributed by atoms with E-state index in [1.807, 2.05) is 12.3 Å². The first kappa shape index (κ1) is 12.7. The first-order chi connectivity index (χ1) is 8.58. The van der Waals surface area contributed by atoms with E-state index < -0.39 is 17.7 Å². The predicted molar refractivity (Wildman–Crippen MR) is 67.3 cm³/mol. The molecule has 5 heteroatoms. The summed E-state index contributed by atoms with van der Waals surface area (Å²) in [5.41, 5.74) is 1.20. The molecule has 0 saturated carbocycles. The minimum Gasteiger partial charge on any atom is -0.481 e. The lowest BCUT2D eigenvalue weighted by Crippen LogP contribution is -2.09. The number of benzene rings is 1. The number of carboxylic acid groups (broad SMARTS) is 1. The molecule has 94 valence electrons. The molecule has 0 bridgehead atoms. The molecule has 3 nitrogen and oxygen atoms in total. The van der Waals surface area contributed by atoms with Crippen LogP contribution in [-0.2, 0) is 4.79 Å². The number of hydrogen-bond acceptors (Lipinski definition) is 3. The third kappa shape index (κ3) is 2.73. The summed E-state index contributed by atoms with van der Waals surface area (Å²) in [5.74, 6) is -1.88. The molecule has 0 spiro atoms. The van der Waals surface area contributed by atoms with Gasteiger partial charge in [-0.2, -0.15) is 0 Å². The van der Waals surface area contributed by atoms with Crippen molar-refractivity contribution in [3.05, 3.63) is 51.7 Å². The average molecular weight is 265 g/mol. The Morgan fingerprint density at radius 3 is 2.78 bits per heavy atom. The minimum absolute atomic E-state index is 0.159. The number of aryl methyl sites for hydroxylation is 1. The fraction of sp³-hybridized carbons (Fsp3) is 0.231. The molecule has 0 aliphatic heterocycles. The lowest BCUT2D eigenvalue weighted by atomic mass is 9.96. The topological polar surface area (TPSA) is 50.2 Å². The van der Waals surface area contributed by atoms with E-state index in [0.717, 1.165) is 5.69 Å². The third-order valence-corrected chi connectivity index (χ3v) is 3.67. The summed E-state index contributed by atoms with van der Waals surface area (Å²) in [7, 11) is 0. The van der Waals surface area contributed by atoms with Crippen molar-refractivity contribution in [2.24, 2.45) is 0 Å². The van der Waals surface area contributed by atoms with Crippen LogP contribution in [0.25, 0.3) is 0 Å². The molecule has 1 unspecified atom stereocenters. The second-order valence-electron chi connectivity index (χ2n) is 4.00. The predicted octanol–water partition coefficient (Wildman–Crippen LogP) is 3.20. The molecular formula is C13H12FNO2S. The van der Waals surface area contributed by atoms with Gasteiger partial charge in [-0.15, -0.1) is 11.3 Å². The molecule has 0 saturated heterocycles. The second-order valence-corrected chi connectivity index (χ2v) is 4.89. The highest BCUT2D eigenvalue weighted by molar-refractivity contribution is 7.09. The van der Waals surface area contributed by atoms with Crippen molar-refractivity contribution in [2.75, 3.05) is 0 Å². The maximum absolute atomic E-state index is 13.8. The van der Waals surface area contributed by atoms with E-state index in [0.29, 0.717) is 10.6 Å². The van der Waals surface area contributed by atoms with Crippen LogP contribution in [0.3, 0.4) is 0 Å². The van der Waals surface area contributed by atoms with Crippen LogP contribution in [-0.4, -0.2) is 16.1 Å². The number of thiazole rings is 1. The highest BCUT2D eigenvalue weighted by Gasteiger charge is 2.23. The van der Waals surface area contributed by atoms with Crippen molar-refractivity contribution in [1.82, 2.24) is 4.98 Å². The number of aliphatic carboxylic acids is 1. The van der Waals surface area contributed by atoms with Gasteiger partial charge in [-0.05, 0) is 18.6 Å². The molecule has 0 aliphatic carbocycles. The van der Waals surface area contributed by atoms with Crippen LogP contribution in [0, 0.1) is 12.7 Å². The minimum atomic E-state index is -0.962. The van der Waals surface area contributed by atoms with Crippen LogP contribution in [0.2, 0.25) is 0 Å². The van der Waals surface area contributed by atoms with Crippen LogP contribution >= 0.6 is 11.3 Å². The summed E-state index contributed by atoms with van der Waals surface area (Å²) >= 11 is 1.36. The zero-order valence-electron chi connectivity index (χ0n) is 9.76. The molecule has 18 heavy (non-hydrogen) atoms. The summed E-state index contributed by atoms with van der Waals surface area (Å²) in [6.07, 6.45) is -0.159. The summed E-state index contributed by atoms with van der Waals surface area (Å²) in [6.45, 7) is 1.83. The number of halogens is 1. The van der Waals surface area contributed by atoms with Gasteiger partial charge in [0, 0.05) is 17.0 Å². The second kappa shape index (κ2) is 5.27. The molecule has 2 aromatic rings. The van der Waals surface area contributed by atoms with Gasteiger partial charge in [0.2, 0.25) is 0 Å². The highest BCUT2D eigenvalue weighted by Crippen LogP contribution is 2.31. The van der Waals surface area contributed by atoms with Gasteiger partial charge in [0.25, 0.3) is 0 Å². The molecule has 1 aromatic heterocycles. The summed E-state index contributed by atoms with van der Waals surface area (Å²) in [5, 5.41) is 11.4. The molecule has 1 aromatic carbocycles. The van der Waals surface area contributed by atoms with Gasteiger partial charge in [0.05, 0.1) is 6.42 Å². The fourth-order valence-corrected chi connectivity index (χ4v) is 2.71. The number of rotatable bonds is 4. The number of nitrogens with zero attached hydrogens (tertiary/aromatic N) is 1. The van der Waals surface area contributed by atoms with Gasteiger partial charge in [0.1, 0.15) is 10.8 Å². The van der Waals surface area contributed by atoms with Crippen molar-refractivity contribution in [3.8, 4) is 0 Å². The van der Waals surface area contributed by atoms with E-state index in [2.05, 4.69) is 4.98 Å². The Hall–Kier alpha value is -1.75. The quantitative estimate of drug-likeness (QED) is 0.923. The van der Waals surface area contributed by atoms with Gasteiger partial charge in [-0.1, -0.05) is 18.2 Å². The molecule has 0 amide bonds. The van der Waals surface area contributed by atoms with Gasteiger partial charge >= 0.3 is 5.97 Å². The normalized spacial score (nSPS) is 12.3. The molecule has 0 fully saturated rings. The Morgan fingerprint density at radius 2 is 2.22 bits per heavy atom. The molecule has 1 N–H and O–H groups in total. The monoisotopic (exact) mass is 265 g/mol. The molecule has 1 atom stereocenters. The van der Waals surface area contributed by atoms with Crippen molar-refractivity contribution >= 4 is 17.3 Å². The smallest absolute Gasteiger partial charge is 0.304 e. The van der Waals surface area contributed by atoms with Gasteiger partial charge in [-0.25, -0.2) is 9.37 Å². The third-order valence-electron chi connectivity index (χ3n) is 2.59. The van der Waals surface area contributed by atoms with E-state index >= 15 is 0 Å². The van der Waals surface area contributed by atoms with E-state index in [-0.39, 0.29) is 6.42 Å². The Labute approximate surface area is 108 Å². The Bertz CT molecular complexity index is 568. The van der Waals surface area contributed by atoms with Crippen LogP contribution in [0.1, 0.15) is 28.6 Å². The SMILES string of the molecule is Cc1csc(C(CC(=O)O)c2ccccc2F)n1. The van der Waals surface area contributed by atoms with Crippen LogP contribution in [0.4, 0.5) is 4.39 Å². The van der Waals surface area contributed by atoms with E-state index in [9.17, 15) is 9.18 Å². The summed E-state index contributed by atoms with van der Waals surface area (Å²) in [6, 6.07) is 6.24. The zero-order chi connectivity index (χ0) is 13.1. The van der Waals surface area contributed by atoms with Crippen molar-refractivity contribution in [1.29, 1.82) is 0 Å². The molecule has 1 heterocycles. The first-order valence-corrected chi connectivity index (χ1v) is 6.34. The Balaban J connectivity index is 2.43. The number of aromatic nitrogens is 1. The molecule has 0 radical (unpaired) electrons. The highest BCUT2D eigenvalue weighted by atomic mass is 32.1. The molecule has 2 rings (SSSR count). The van der Waals surface area contributed by atoms with Gasteiger partial charge in [-0.3, -0.25) is 4.79 Å². The average Bonchev–Trinajstić information content (AvgIpc) is 2.73. The van der Waals surface area contributed by atoms with Crippen molar-refractivity contribution in [3.63, 3.8) is 0 Å². The standard InChI is InChI=1S/C13H12FNO2S/c1-8-7-18-13(15-8)10(6-12(16)17)9-4-2-3-5-11(9)14/h2-5,7,10H,6H2,1H3,(H,16,17). The lowest BCUT2D eigenvalue weighted by Gasteiger charge is -2.13. The largest absolute Gasteiger partial charge is 0.481 e. The van der Waals surface area contributed by atoms with Crippen LogP contribution in [0.15, 0.2) is 29.6 Å². The summed E-state index contributed by atoms with van der Waals surface area (Å²) < 4.78 is 13.8. The molecule has 0 aliphatic rings. The van der Waals surface area contributed by atoms with Crippen LogP contribution < -0.4 is 0 Å². The first-order valence-electron chi connectivity index (χ1n) is 5.46. The fourth-order valence-electron chi connectivity index (χ4n) is 1.79. The van der Waals surface area contributed by atoms with Crippen molar-refractivity contribution in [2.45, 2.75) is 19.3 Å². The van der Waals surface area contributed by atoms with E-state index in [1.165, 1.54) is 17.4 Å². The lowest BCUT2D eigenvalue weighted by molar-refractivity contribution is -0.137. The number of carboxylic acids is 1. The zero-order valence-corrected chi connectivity index (χ0v) is 10.6. The number of carbonyl (C=O) groups is 1. The Kier molecular flexibility index (Phi) is 3.72. The Morgan fingerprint density at radius 1 is 1.50 bits per heavy atom. The maximum Gasteiger partial charge on any atom is 0.304 e. The van der Waals surface area contributed by atoms with Crippen molar-refractivity contribution < 1.29 is 14.3 Å². The summed E-state index contributed by atoms with van der Waals surface area (Å²) in [4.78, 5) is 15.2. The van der Waals surface area contributed by atoms with Gasteiger partial charge < -0.3 is 5.11 Å². The molecular weight excluding hydrogens is 253 g/mol. The maximum atomic E-state index is 13.8. The van der Waals surface area contributed by atoms with Gasteiger partial charge in [0.15, 0.2) is 0 Å².